The Morgan fingerprint density at radius 2 is 2.00 bits per heavy atom. The third-order valence-electron chi connectivity index (χ3n) is 2.85. The van der Waals surface area contributed by atoms with Gasteiger partial charge in [0.05, 0.1) is 16.8 Å². The molecule has 74 valence electrons. The molecule has 13 heavy (non-hydrogen) atoms. The molecule has 3 saturated heterocycles. The van der Waals surface area contributed by atoms with Crippen LogP contribution in [-0.4, -0.2) is 34.6 Å². The molecule has 4 heteroatoms. The van der Waals surface area contributed by atoms with Crippen LogP contribution in [0.15, 0.2) is 0 Å². The lowest BCUT2D eigenvalue weighted by atomic mass is 10.1. The summed E-state index contributed by atoms with van der Waals surface area (Å²) in [5, 5.41) is 0. The Morgan fingerprint density at radius 3 is 2.77 bits per heavy atom. The fraction of sp³-hybridized carbons (Fsp3) is 1.00. The van der Waals surface area contributed by atoms with Crippen LogP contribution in [0.1, 0.15) is 19.3 Å². The second-order valence-corrected chi connectivity index (χ2v) is 7.11. The number of hydrogen-bond donors (Lipinski definition) is 0. The van der Waals surface area contributed by atoms with Gasteiger partial charge in [-0.15, -0.1) is 23.5 Å². The lowest BCUT2D eigenvalue weighted by Crippen LogP contribution is -2.38. The van der Waals surface area contributed by atoms with Gasteiger partial charge in [-0.2, -0.15) is 0 Å². The summed E-state index contributed by atoms with van der Waals surface area (Å²) in [5.74, 6) is 2.65. The molecule has 2 nitrogen and oxygen atoms in total. The molecule has 0 aliphatic carbocycles. The summed E-state index contributed by atoms with van der Waals surface area (Å²) in [5.41, 5.74) is 0. The zero-order chi connectivity index (χ0) is 8.73. The number of ether oxygens (including phenoxy) is 2. The first kappa shape index (κ1) is 8.89. The van der Waals surface area contributed by atoms with Crippen molar-refractivity contribution in [3.8, 4) is 0 Å². The van der Waals surface area contributed by atoms with Gasteiger partial charge in [0.15, 0.2) is 6.29 Å². The smallest absolute Gasteiger partial charge is 0.160 e. The summed E-state index contributed by atoms with van der Waals surface area (Å²) in [4.78, 5) is 0. The van der Waals surface area contributed by atoms with Gasteiger partial charge in [0, 0.05) is 6.42 Å². The summed E-state index contributed by atoms with van der Waals surface area (Å²) < 4.78 is 11.7. The van der Waals surface area contributed by atoms with Crippen LogP contribution in [0.25, 0.3) is 0 Å². The van der Waals surface area contributed by atoms with Crippen molar-refractivity contribution in [3.63, 3.8) is 0 Å². The molecule has 3 fully saturated rings. The van der Waals surface area contributed by atoms with E-state index < -0.39 is 0 Å². The summed E-state index contributed by atoms with van der Waals surface area (Å²) in [6, 6.07) is 0. The SMILES string of the molecule is C1CSC2(C[C@@H]3CO[C@H](C2)O3)SC1. The highest BCUT2D eigenvalue weighted by atomic mass is 32.2. The van der Waals surface area contributed by atoms with Gasteiger partial charge in [0.2, 0.25) is 0 Å². The minimum Gasteiger partial charge on any atom is -0.350 e. The molecule has 2 bridgehead atoms. The van der Waals surface area contributed by atoms with Crippen LogP contribution in [-0.2, 0) is 9.47 Å². The number of rotatable bonds is 0. The van der Waals surface area contributed by atoms with Crippen LogP contribution in [0.2, 0.25) is 0 Å². The molecule has 0 aromatic carbocycles. The third kappa shape index (κ3) is 1.62. The largest absolute Gasteiger partial charge is 0.350 e. The Bertz CT molecular complexity index is 190. The van der Waals surface area contributed by atoms with Crippen LogP contribution in [0.5, 0.6) is 0 Å². The van der Waals surface area contributed by atoms with E-state index in [0.29, 0.717) is 10.2 Å². The molecule has 2 atom stereocenters. The summed E-state index contributed by atoms with van der Waals surface area (Å²) in [6.07, 6.45) is 4.15. The number of hydrogen-bond acceptors (Lipinski definition) is 4. The zero-order valence-corrected chi connectivity index (χ0v) is 9.16. The van der Waals surface area contributed by atoms with Crippen LogP contribution >= 0.6 is 23.5 Å². The molecule has 0 radical (unpaired) electrons. The second-order valence-electron chi connectivity index (χ2n) is 3.89. The van der Waals surface area contributed by atoms with E-state index in [1.807, 2.05) is 0 Å². The van der Waals surface area contributed by atoms with Crippen LogP contribution in [0.4, 0.5) is 0 Å². The third-order valence-corrected chi connectivity index (χ3v) is 6.26. The van der Waals surface area contributed by atoms with Gasteiger partial charge in [-0.3, -0.25) is 0 Å². The van der Waals surface area contributed by atoms with E-state index in [2.05, 4.69) is 23.5 Å². The van der Waals surface area contributed by atoms with Gasteiger partial charge in [-0.05, 0) is 24.3 Å². The van der Waals surface area contributed by atoms with Crippen molar-refractivity contribution in [1.29, 1.82) is 0 Å². The van der Waals surface area contributed by atoms with Crippen molar-refractivity contribution < 1.29 is 9.47 Å². The van der Waals surface area contributed by atoms with Crippen molar-refractivity contribution in [3.05, 3.63) is 0 Å². The first-order chi connectivity index (χ1) is 6.36. The van der Waals surface area contributed by atoms with Crippen LogP contribution in [0.3, 0.4) is 0 Å². The maximum Gasteiger partial charge on any atom is 0.160 e. The van der Waals surface area contributed by atoms with E-state index in [0.717, 1.165) is 13.0 Å². The van der Waals surface area contributed by atoms with Gasteiger partial charge in [0.1, 0.15) is 0 Å². The summed E-state index contributed by atoms with van der Waals surface area (Å²) in [7, 11) is 0. The number of thioether (sulfide) groups is 2. The number of fused-ring (bicyclic) bond motifs is 2. The van der Waals surface area contributed by atoms with E-state index in [1.165, 1.54) is 24.3 Å². The molecule has 0 amide bonds. The predicted molar refractivity (Wildman–Crippen MR) is 56.1 cm³/mol. The average molecular weight is 218 g/mol. The Kier molecular flexibility index (Phi) is 2.28. The van der Waals surface area contributed by atoms with Crippen molar-refractivity contribution in [1.82, 2.24) is 0 Å². The quantitative estimate of drug-likeness (QED) is 0.619. The van der Waals surface area contributed by atoms with Crippen molar-refractivity contribution in [2.75, 3.05) is 18.1 Å². The van der Waals surface area contributed by atoms with Gasteiger partial charge in [-0.1, -0.05) is 0 Å². The first-order valence-corrected chi connectivity index (χ1v) is 6.88. The molecule has 0 N–H and O–H groups in total. The minimum absolute atomic E-state index is 0.108. The van der Waals surface area contributed by atoms with Crippen molar-refractivity contribution in [2.24, 2.45) is 0 Å². The van der Waals surface area contributed by atoms with Crippen molar-refractivity contribution >= 4 is 23.5 Å². The Balaban J connectivity index is 1.76. The maximum atomic E-state index is 5.68. The fourth-order valence-corrected chi connectivity index (χ4v) is 5.71. The lowest BCUT2D eigenvalue weighted by molar-refractivity contribution is -0.0827. The molecular formula is C9H14O2S2. The molecule has 3 aliphatic rings. The van der Waals surface area contributed by atoms with E-state index in [1.54, 1.807) is 0 Å². The molecule has 0 aromatic rings. The highest BCUT2D eigenvalue weighted by Gasteiger charge is 2.47. The second kappa shape index (κ2) is 3.33. The van der Waals surface area contributed by atoms with Crippen molar-refractivity contribution in [2.45, 2.75) is 35.7 Å². The van der Waals surface area contributed by atoms with Crippen LogP contribution in [0, 0.1) is 0 Å². The zero-order valence-electron chi connectivity index (χ0n) is 7.53. The molecular weight excluding hydrogens is 204 g/mol. The minimum atomic E-state index is 0.108. The highest BCUT2D eigenvalue weighted by Crippen LogP contribution is 2.53. The van der Waals surface area contributed by atoms with Gasteiger partial charge >= 0.3 is 0 Å². The van der Waals surface area contributed by atoms with E-state index in [4.69, 9.17) is 9.47 Å². The fourth-order valence-electron chi connectivity index (χ4n) is 2.26. The molecule has 0 aromatic heterocycles. The summed E-state index contributed by atoms with van der Waals surface area (Å²) in [6.45, 7) is 0.827. The molecule has 0 saturated carbocycles. The molecule has 3 heterocycles. The topological polar surface area (TPSA) is 18.5 Å². The Labute approximate surface area is 87.1 Å². The Hall–Kier alpha value is 0.620. The first-order valence-electron chi connectivity index (χ1n) is 4.91. The standard InChI is InChI=1S/C9H14O2S2/c1-2-12-9(13-3-1)4-7-6-10-8(5-9)11-7/h7-8H,1-6H2/t7-,8+/m1/s1. The predicted octanol–water partition coefficient (Wildman–Crippen LogP) is 2.09. The molecule has 0 unspecified atom stereocenters. The monoisotopic (exact) mass is 218 g/mol. The van der Waals surface area contributed by atoms with Gasteiger partial charge < -0.3 is 9.47 Å². The maximum absolute atomic E-state index is 5.68. The van der Waals surface area contributed by atoms with Gasteiger partial charge in [0.25, 0.3) is 0 Å². The lowest BCUT2D eigenvalue weighted by Gasteiger charge is -2.40. The van der Waals surface area contributed by atoms with E-state index in [-0.39, 0.29) is 6.29 Å². The molecule has 3 aliphatic heterocycles. The Morgan fingerprint density at radius 1 is 1.15 bits per heavy atom. The van der Waals surface area contributed by atoms with Gasteiger partial charge in [-0.25, -0.2) is 0 Å². The molecule has 3 rings (SSSR count). The normalized spacial score (nSPS) is 42.5. The molecule has 1 spiro atoms. The van der Waals surface area contributed by atoms with Crippen LogP contribution < -0.4 is 0 Å². The average Bonchev–Trinajstić information content (AvgIpc) is 2.48. The van der Waals surface area contributed by atoms with E-state index in [9.17, 15) is 0 Å². The van der Waals surface area contributed by atoms with E-state index >= 15 is 0 Å². The highest BCUT2D eigenvalue weighted by molar-refractivity contribution is 8.18. The summed E-state index contributed by atoms with van der Waals surface area (Å²) >= 11 is 4.27.